The summed E-state index contributed by atoms with van der Waals surface area (Å²) >= 11 is 0. The van der Waals surface area contributed by atoms with Gasteiger partial charge in [-0.1, -0.05) is 20.3 Å². The minimum absolute atomic E-state index is 0.553. The Morgan fingerprint density at radius 2 is 2.11 bits per heavy atom. The van der Waals surface area contributed by atoms with Crippen LogP contribution in [0.4, 0.5) is 5.69 Å². The molecule has 0 bridgehead atoms. The Labute approximate surface area is 107 Å². The number of fused-ring (bicyclic) bond motifs is 1. The highest BCUT2D eigenvalue weighted by Crippen LogP contribution is 2.24. The third kappa shape index (κ3) is 2.34. The van der Waals surface area contributed by atoms with Crippen molar-refractivity contribution in [3.8, 4) is 0 Å². The topological polar surface area (TPSA) is 64.1 Å². The largest absolute Gasteiger partial charge is 0.399 e. The fourth-order valence-electron chi connectivity index (χ4n) is 2.12. The minimum Gasteiger partial charge on any atom is -0.399 e. The minimum atomic E-state index is -0.567. The Bertz CT molecular complexity index is 545. The van der Waals surface area contributed by atoms with Crippen LogP contribution in [0.1, 0.15) is 39.1 Å². The van der Waals surface area contributed by atoms with Gasteiger partial charge in [0.05, 0.1) is 11.0 Å². The van der Waals surface area contributed by atoms with Crippen molar-refractivity contribution in [2.24, 2.45) is 5.92 Å². The predicted octanol–water partition coefficient (Wildman–Crippen LogP) is 2.72. The van der Waals surface area contributed by atoms with Crippen molar-refractivity contribution < 1.29 is 5.11 Å². The van der Waals surface area contributed by atoms with Gasteiger partial charge in [-0.2, -0.15) is 0 Å². The molecule has 2 aromatic rings. The number of rotatable bonds is 4. The molecule has 1 heterocycles. The summed E-state index contributed by atoms with van der Waals surface area (Å²) in [5, 5.41) is 9.85. The lowest BCUT2D eigenvalue weighted by atomic mass is 10.1. The third-order valence-corrected chi connectivity index (χ3v) is 3.37. The third-order valence-electron chi connectivity index (χ3n) is 3.37. The van der Waals surface area contributed by atoms with Crippen LogP contribution < -0.4 is 5.73 Å². The maximum atomic E-state index is 9.85. The Morgan fingerprint density at radius 3 is 2.72 bits per heavy atom. The van der Waals surface area contributed by atoms with Crippen LogP contribution in [0.15, 0.2) is 18.2 Å². The van der Waals surface area contributed by atoms with E-state index in [0.717, 1.165) is 29.8 Å². The summed E-state index contributed by atoms with van der Waals surface area (Å²) in [5.41, 5.74) is 8.37. The quantitative estimate of drug-likeness (QED) is 0.816. The molecule has 0 aliphatic rings. The summed E-state index contributed by atoms with van der Waals surface area (Å²) in [5.74, 6) is 1.27. The van der Waals surface area contributed by atoms with Crippen molar-refractivity contribution in [3.63, 3.8) is 0 Å². The van der Waals surface area contributed by atoms with Gasteiger partial charge in [0.25, 0.3) is 0 Å². The van der Waals surface area contributed by atoms with E-state index in [-0.39, 0.29) is 0 Å². The molecule has 4 nitrogen and oxygen atoms in total. The van der Waals surface area contributed by atoms with Crippen LogP contribution in [0.25, 0.3) is 11.0 Å². The van der Waals surface area contributed by atoms with Crippen LogP contribution in [0, 0.1) is 5.92 Å². The van der Waals surface area contributed by atoms with Crippen molar-refractivity contribution in [2.75, 3.05) is 5.73 Å². The maximum Gasteiger partial charge on any atom is 0.138 e. The van der Waals surface area contributed by atoms with Gasteiger partial charge in [-0.25, -0.2) is 4.98 Å². The monoisotopic (exact) mass is 247 g/mol. The van der Waals surface area contributed by atoms with Gasteiger partial charge in [0.15, 0.2) is 0 Å². The van der Waals surface area contributed by atoms with E-state index in [1.807, 2.05) is 18.2 Å². The van der Waals surface area contributed by atoms with Gasteiger partial charge in [-0.05, 0) is 31.0 Å². The van der Waals surface area contributed by atoms with Gasteiger partial charge in [-0.15, -0.1) is 0 Å². The first-order chi connectivity index (χ1) is 8.52. The van der Waals surface area contributed by atoms with Crippen molar-refractivity contribution in [1.29, 1.82) is 0 Å². The second-order valence-electron chi connectivity index (χ2n) is 5.02. The zero-order valence-electron chi connectivity index (χ0n) is 11.2. The summed E-state index contributed by atoms with van der Waals surface area (Å²) < 4.78 is 2.10. The molecule has 0 aliphatic carbocycles. The Kier molecular flexibility index (Phi) is 3.57. The number of anilines is 1. The highest BCUT2D eigenvalue weighted by atomic mass is 16.3. The fourth-order valence-corrected chi connectivity index (χ4v) is 2.12. The van der Waals surface area contributed by atoms with Crippen molar-refractivity contribution in [2.45, 2.75) is 39.8 Å². The van der Waals surface area contributed by atoms with Crippen LogP contribution in [0.2, 0.25) is 0 Å². The second kappa shape index (κ2) is 4.98. The standard InChI is InChI=1S/C14H21N3O/c1-4-9(2)8-17-13-6-5-11(15)7-12(13)16-14(17)10(3)18/h5-7,9-10,18H,4,8,15H2,1-3H3. The number of nitrogens with zero attached hydrogens (tertiary/aromatic N) is 2. The molecular weight excluding hydrogens is 226 g/mol. The molecule has 3 N–H and O–H groups in total. The van der Waals surface area contributed by atoms with Gasteiger partial charge in [0.2, 0.25) is 0 Å². The van der Waals surface area contributed by atoms with E-state index in [2.05, 4.69) is 23.4 Å². The SMILES string of the molecule is CCC(C)Cn1c(C(C)O)nc2cc(N)ccc21. The number of nitrogen functional groups attached to an aromatic ring is 1. The number of aliphatic hydroxyl groups is 1. The molecule has 0 amide bonds. The molecule has 0 fully saturated rings. The number of hydrogen-bond acceptors (Lipinski definition) is 3. The molecule has 18 heavy (non-hydrogen) atoms. The van der Waals surface area contributed by atoms with Crippen molar-refractivity contribution >= 4 is 16.7 Å². The second-order valence-corrected chi connectivity index (χ2v) is 5.02. The van der Waals surface area contributed by atoms with E-state index in [4.69, 9.17) is 5.73 Å². The highest BCUT2D eigenvalue weighted by molar-refractivity contribution is 5.79. The van der Waals surface area contributed by atoms with Crippen LogP contribution in [-0.2, 0) is 6.54 Å². The molecule has 0 saturated carbocycles. The molecule has 4 heteroatoms. The van der Waals surface area contributed by atoms with E-state index >= 15 is 0 Å². The first kappa shape index (κ1) is 12.9. The molecule has 0 radical (unpaired) electrons. The number of nitrogens with two attached hydrogens (primary N) is 1. The van der Waals surface area contributed by atoms with Crippen LogP contribution in [0.3, 0.4) is 0 Å². The van der Waals surface area contributed by atoms with Gasteiger partial charge < -0.3 is 15.4 Å². The van der Waals surface area contributed by atoms with E-state index in [9.17, 15) is 5.11 Å². The van der Waals surface area contributed by atoms with Gasteiger partial charge in [0.1, 0.15) is 11.9 Å². The molecule has 0 spiro atoms. The number of benzene rings is 1. The number of aromatic nitrogens is 2. The Balaban J connectivity index is 2.55. The van der Waals surface area contributed by atoms with Crippen LogP contribution in [0.5, 0.6) is 0 Å². The molecular formula is C14H21N3O. The molecule has 0 aliphatic heterocycles. The first-order valence-corrected chi connectivity index (χ1v) is 6.46. The van der Waals surface area contributed by atoms with E-state index in [0.29, 0.717) is 11.6 Å². The first-order valence-electron chi connectivity index (χ1n) is 6.46. The van der Waals surface area contributed by atoms with Gasteiger partial charge in [0, 0.05) is 12.2 Å². The van der Waals surface area contributed by atoms with Crippen molar-refractivity contribution in [3.05, 3.63) is 24.0 Å². The number of hydrogen-bond donors (Lipinski definition) is 2. The zero-order valence-corrected chi connectivity index (χ0v) is 11.2. The van der Waals surface area contributed by atoms with Gasteiger partial charge in [-0.3, -0.25) is 0 Å². The summed E-state index contributed by atoms with van der Waals surface area (Å²) in [6, 6.07) is 5.71. The number of imidazole rings is 1. The molecule has 0 saturated heterocycles. The molecule has 98 valence electrons. The Hall–Kier alpha value is -1.55. The maximum absolute atomic E-state index is 9.85. The van der Waals surface area contributed by atoms with E-state index in [1.54, 1.807) is 6.92 Å². The Morgan fingerprint density at radius 1 is 1.39 bits per heavy atom. The molecule has 2 unspecified atom stereocenters. The lowest BCUT2D eigenvalue weighted by molar-refractivity contribution is 0.182. The van der Waals surface area contributed by atoms with Gasteiger partial charge >= 0.3 is 0 Å². The summed E-state index contributed by atoms with van der Waals surface area (Å²) in [6.45, 7) is 6.99. The van der Waals surface area contributed by atoms with Crippen molar-refractivity contribution in [1.82, 2.24) is 9.55 Å². The molecule has 2 rings (SSSR count). The molecule has 1 aromatic carbocycles. The normalized spacial score (nSPS) is 14.9. The highest BCUT2D eigenvalue weighted by Gasteiger charge is 2.16. The predicted molar refractivity (Wildman–Crippen MR) is 74.2 cm³/mol. The van der Waals surface area contributed by atoms with Crippen LogP contribution >= 0.6 is 0 Å². The van der Waals surface area contributed by atoms with E-state index in [1.165, 1.54) is 0 Å². The lowest BCUT2D eigenvalue weighted by Gasteiger charge is -2.15. The smallest absolute Gasteiger partial charge is 0.138 e. The average Bonchev–Trinajstić information content (AvgIpc) is 2.67. The lowest BCUT2D eigenvalue weighted by Crippen LogP contribution is -2.12. The van der Waals surface area contributed by atoms with Crippen LogP contribution in [-0.4, -0.2) is 14.7 Å². The van der Waals surface area contributed by atoms with E-state index < -0.39 is 6.10 Å². The fraction of sp³-hybridized carbons (Fsp3) is 0.500. The summed E-state index contributed by atoms with van der Waals surface area (Å²) in [4.78, 5) is 4.49. The molecule has 2 atom stereocenters. The summed E-state index contributed by atoms with van der Waals surface area (Å²) in [7, 11) is 0. The average molecular weight is 247 g/mol. The zero-order chi connectivity index (χ0) is 13.3. The number of aliphatic hydroxyl groups excluding tert-OH is 1. The molecule has 1 aromatic heterocycles. The summed E-state index contributed by atoms with van der Waals surface area (Å²) in [6.07, 6.45) is 0.538.